The van der Waals surface area contributed by atoms with Crippen LogP contribution in [0.4, 0.5) is 5.69 Å². The summed E-state index contributed by atoms with van der Waals surface area (Å²) in [6, 6.07) is 16.4. The summed E-state index contributed by atoms with van der Waals surface area (Å²) in [6.45, 7) is 10.3. The molecule has 1 unspecified atom stereocenters. The van der Waals surface area contributed by atoms with Crippen LogP contribution in [0.5, 0.6) is 0 Å². The first-order valence-corrected chi connectivity index (χ1v) is 11.4. The van der Waals surface area contributed by atoms with Crippen molar-refractivity contribution in [2.45, 2.75) is 37.0 Å². The second-order valence-electron chi connectivity index (χ2n) is 8.21. The van der Waals surface area contributed by atoms with E-state index < -0.39 is 4.75 Å². The fourth-order valence-electron chi connectivity index (χ4n) is 4.33. The minimum atomic E-state index is -1.11. The highest BCUT2D eigenvalue weighted by Gasteiger charge is 2.50. The number of amides is 2. The van der Waals surface area contributed by atoms with E-state index in [1.54, 1.807) is 11.8 Å². The van der Waals surface area contributed by atoms with Crippen LogP contribution in [0.2, 0.25) is 0 Å². The summed E-state index contributed by atoms with van der Waals surface area (Å²) in [5.41, 5.74) is 3.47. The number of carbonyl (C=O) groups is 2. The molecule has 1 atom stereocenters. The van der Waals surface area contributed by atoms with Crippen LogP contribution in [0.25, 0.3) is 0 Å². The van der Waals surface area contributed by atoms with Gasteiger partial charge in [0.15, 0.2) is 4.75 Å². The summed E-state index contributed by atoms with van der Waals surface area (Å²) < 4.78 is -1.11. The highest BCUT2D eigenvalue weighted by atomic mass is 32.2. The van der Waals surface area contributed by atoms with Crippen molar-refractivity contribution in [1.82, 2.24) is 9.80 Å². The first kappa shape index (κ1) is 20.9. The average molecular weight is 424 g/mol. The molecule has 0 bridgehead atoms. The molecular weight excluding hydrogens is 394 g/mol. The molecule has 1 fully saturated rings. The smallest absolute Gasteiger partial charge is 0.252 e. The maximum Gasteiger partial charge on any atom is 0.252 e. The first-order chi connectivity index (χ1) is 14.4. The molecule has 0 radical (unpaired) electrons. The van der Waals surface area contributed by atoms with Crippen LogP contribution in [0.1, 0.15) is 25.0 Å². The zero-order valence-electron chi connectivity index (χ0n) is 17.9. The molecule has 2 aromatic rings. The lowest BCUT2D eigenvalue weighted by molar-refractivity contribution is -0.139. The van der Waals surface area contributed by atoms with E-state index in [4.69, 9.17) is 0 Å². The molecule has 30 heavy (non-hydrogen) atoms. The van der Waals surface area contributed by atoms with Crippen LogP contribution in [-0.2, 0) is 16.1 Å². The number of nitrogens with zero attached hydrogens (tertiary/aromatic N) is 3. The quantitative estimate of drug-likeness (QED) is 0.706. The Bertz CT molecular complexity index is 955. The van der Waals surface area contributed by atoms with Crippen LogP contribution in [0.3, 0.4) is 0 Å². The topological polar surface area (TPSA) is 43.9 Å². The molecule has 0 aromatic heterocycles. The van der Waals surface area contributed by atoms with Crippen molar-refractivity contribution in [2.75, 3.05) is 37.6 Å². The van der Waals surface area contributed by atoms with E-state index in [1.807, 2.05) is 36.1 Å². The van der Waals surface area contributed by atoms with E-state index in [1.165, 1.54) is 22.9 Å². The van der Waals surface area contributed by atoms with Gasteiger partial charge in [0.2, 0.25) is 5.91 Å². The lowest BCUT2D eigenvalue weighted by atomic mass is 10.0. The van der Waals surface area contributed by atoms with Crippen LogP contribution >= 0.6 is 11.8 Å². The largest absolute Gasteiger partial charge is 0.338 e. The van der Waals surface area contributed by atoms with Gasteiger partial charge in [-0.1, -0.05) is 53.7 Å². The van der Waals surface area contributed by atoms with E-state index in [-0.39, 0.29) is 11.8 Å². The maximum atomic E-state index is 13.5. The third kappa shape index (κ3) is 3.86. The van der Waals surface area contributed by atoms with Crippen molar-refractivity contribution in [3.63, 3.8) is 0 Å². The van der Waals surface area contributed by atoms with Gasteiger partial charge in [0, 0.05) is 44.2 Å². The van der Waals surface area contributed by atoms with Gasteiger partial charge in [0.05, 0.1) is 5.69 Å². The summed E-state index contributed by atoms with van der Waals surface area (Å²) in [5.74, 6) is -0.179. The van der Waals surface area contributed by atoms with Crippen LogP contribution in [0.15, 0.2) is 53.4 Å². The fraction of sp³-hybridized carbons (Fsp3) is 0.417. The van der Waals surface area contributed by atoms with Crippen molar-refractivity contribution >= 4 is 29.3 Å². The Kier molecular flexibility index (Phi) is 5.89. The molecule has 2 aliphatic heterocycles. The molecule has 0 saturated carbocycles. The van der Waals surface area contributed by atoms with E-state index in [0.717, 1.165) is 30.2 Å². The van der Waals surface area contributed by atoms with Crippen molar-refractivity contribution < 1.29 is 9.59 Å². The predicted octanol–water partition coefficient (Wildman–Crippen LogP) is 3.56. The molecule has 2 aromatic carbocycles. The standard InChI is InChI=1S/C24H29N3O2S/c1-4-27-20-10-5-6-11-21(20)30-24(3,23(27)29)22(28)26-14-12-25(13-15-26)17-19-9-7-8-18(2)16-19/h5-11,16H,4,12-15,17H2,1-3H3. The first-order valence-electron chi connectivity index (χ1n) is 10.6. The Morgan fingerprint density at radius 3 is 2.50 bits per heavy atom. The molecule has 2 amide bonds. The Morgan fingerprint density at radius 1 is 1.07 bits per heavy atom. The fourth-order valence-corrected chi connectivity index (χ4v) is 5.61. The Labute approximate surface area is 183 Å². The maximum absolute atomic E-state index is 13.5. The van der Waals surface area contributed by atoms with Crippen molar-refractivity contribution in [3.8, 4) is 0 Å². The number of anilines is 1. The van der Waals surface area contributed by atoms with Gasteiger partial charge in [0.1, 0.15) is 0 Å². The minimum absolute atomic E-state index is 0.0688. The molecule has 0 aliphatic carbocycles. The number of thioether (sulfide) groups is 1. The van der Waals surface area contributed by atoms with Gasteiger partial charge < -0.3 is 9.80 Å². The summed E-state index contributed by atoms with van der Waals surface area (Å²) in [6.07, 6.45) is 0. The molecule has 5 nitrogen and oxygen atoms in total. The van der Waals surface area contributed by atoms with Crippen LogP contribution in [-0.4, -0.2) is 59.1 Å². The van der Waals surface area contributed by atoms with Gasteiger partial charge in [-0.05, 0) is 38.5 Å². The average Bonchev–Trinajstić information content (AvgIpc) is 2.75. The molecular formula is C24H29N3O2S. The van der Waals surface area contributed by atoms with E-state index in [2.05, 4.69) is 36.1 Å². The van der Waals surface area contributed by atoms with Crippen molar-refractivity contribution in [1.29, 1.82) is 0 Å². The summed E-state index contributed by atoms with van der Waals surface area (Å²) in [4.78, 5) is 33.8. The molecule has 0 spiro atoms. The predicted molar refractivity (Wildman–Crippen MR) is 122 cm³/mol. The molecule has 6 heteroatoms. The number of hydrogen-bond donors (Lipinski definition) is 0. The van der Waals surface area contributed by atoms with Crippen LogP contribution in [0, 0.1) is 6.92 Å². The van der Waals surface area contributed by atoms with Gasteiger partial charge in [-0.2, -0.15) is 0 Å². The van der Waals surface area contributed by atoms with Crippen molar-refractivity contribution in [3.05, 3.63) is 59.7 Å². The number of para-hydroxylation sites is 1. The molecule has 0 N–H and O–H groups in total. The molecule has 2 aliphatic rings. The molecule has 4 rings (SSSR count). The second kappa shape index (κ2) is 8.44. The lowest BCUT2D eigenvalue weighted by Gasteiger charge is -2.43. The third-order valence-corrected chi connectivity index (χ3v) is 7.32. The number of fused-ring (bicyclic) bond motifs is 1. The highest BCUT2D eigenvalue weighted by Crippen LogP contribution is 2.46. The lowest BCUT2D eigenvalue weighted by Crippen LogP contribution is -2.60. The second-order valence-corrected chi connectivity index (χ2v) is 9.67. The Morgan fingerprint density at radius 2 is 1.80 bits per heavy atom. The van der Waals surface area contributed by atoms with Gasteiger partial charge in [-0.25, -0.2) is 0 Å². The molecule has 2 heterocycles. The minimum Gasteiger partial charge on any atom is -0.338 e. The number of rotatable bonds is 4. The van der Waals surface area contributed by atoms with Crippen LogP contribution < -0.4 is 4.90 Å². The highest BCUT2D eigenvalue weighted by molar-refractivity contribution is 8.02. The monoisotopic (exact) mass is 423 g/mol. The summed E-state index contributed by atoms with van der Waals surface area (Å²) >= 11 is 1.40. The van der Waals surface area contributed by atoms with Gasteiger partial charge >= 0.3 is 0 Å². The number of aryl methyl sites for hydroxylation is 1. The zero-order valence-corrected chi connectivity index (χ0v) is 18.7. The van der Waals surface area contributed by atoms with E-state index >= 15 is 0 Å². The Hall–Kier alpha value is -2.31. The molecule has 1 saturated heterocycles. The zero-order chi connectivity index (χ0) is 21.3. The summed E-state index contributed by atoms with van der Waals surface area (Å²) in [5, 5.41) is 0. The van der Waals surface area contributed by atoms with Gasteiger partial charge in [-0.3, -0.25) is 14.5 Å². The SMILES string of the molecule is CCN1C(=O)C(C)(C(=O)N2CCN(Cc3cccc(C)c3)CC2)Sc2ccccc21. The van der Waals surface area contributed by atoms with E-state index in [9.17, 15) is 9.59 Å². The normalized spacial score (nSPS) is 22.2. The van der Waals surface area contributed by atoms with E-state index in [0.29, 0.717) is 19.6 Å². The van der Waals surface area contributed by atoms with Gasteiger partial charge in [0.25, 0.3) is 5.91 Å². The number of benzene rings is 2. The summed E-state index contributed by atoms with van der Waals surface area (Å²) in [7, 11) is 0. The number of hydrogen-bond acceptors (Lipinski definition) is 4. The number of carbonyl (C=O) groups excluding carboxylic acids is 2. The third-order valence-electron chi connectivity index (χ3n) is 6.00. The number of piperazine rings is 1. The van der Waals surface area contributed by atoms with Gasteiger partial charge in [-0.15, -0.1) is 0 Å². The Balaban J connectivity index is 1.45. The van der Waals surface area contributed by atoms with Crippen molar-refractivity contribution in [2.24, 2.45) is 0 Å². The molecule has 158 valence electrons.